The number of rotatable bonds is 13. The number of nitrogens with zero attached hydrogens (tertiary/aromatic N) is 2. The maximum atomic E-state index is 12.0. The Balaban J connectivity index is 1.52. The lowest BCUT2D eigenvalue weighted by Crippen LogP contribution is -2.08. The predicted octanol–water partition coefficient (Wildman–Crippen LogP) is 7.81. The van der Waals surface area contributed by atoms with Gasteiger partial charge in [-0.05, 0) is 36.0 Å². The molecule has 0 amide bonds. The quantitative estimate of drug-likeness (QED) is 0.199. The number of aryl methyl sites for hydroxylation is 1. The van der Waals surface area contributed by atoms with Crippen LogP contribution in [0.2, 0.25) is 0 Å². The van der Waals surface area contributed by atoms with Gasteiger partial charge < -0.3 is 4.74 Å². The van der Waals surface area contributed by atoms with Crippen molar-refractivity contribution in [3.8, 4) is 28.3 Å². The Hall–Kier alpha value is -3.01. The maximum Gasteiger partial charge on any atom is 0.311 e. The van der Waals surface area contributed by atoms with E-state index in [9.17, 15) is 4.79 Å². The molecule has 1 heterocycles. The summed E-state index contributed by atoms with van der Waals surface area (Å²) in [5, 5.41) is 0. The molecule has 4 heteroatoms. The first-order chi connectivity index (χ1) is 16.2. The number of carbonyl (C=O) groups excluding carboxylic acids is 1. The summed E-state index contributed by atoms with van der Waals surface area (Å²) in [5.41, 5.74) is 4.71. The van der Waals surface area contributed by atoms with E-state index in [1.165, 1.54) is 55.2 Å². The number of esters is 1. The minimum atomic E-state index is -0.219. The third kappa shape index (κ3) is 8.12. The summed E-state index contributed by atoms with van der Waals surface area (Å²) in [6.07, 6.45) is 14.0. The van der Waals surface area contributed by atoms with E-state index in [0.717, 1.165) is 24.8 Å². The molecule has 0 aliphatic rings. The zero-order valence-corrected chi connectivity index (χ0v) is 20.1. The number of carbonyl (C=O) groups is 1. The van der Waals surface area contributed by atoms with E-state index in [1.54, 1.807) is 12.4 Å². The highest BCUT2D eigenvalue weighted by atomic mass is 16.5. The van der Waals surface area contributed by atoms with Crippen molar-refractivity contribution in [3.63, 3.8) is 0 Å². The molecule has 3 aromatic rings. The van der Waals surface area contributed by atoms with Crippen LogP contribution in [0.15, 0.2) is 60.9 Å². The standard InChI is InChI=1S/C29H36N2O2/c1-3-5-7-8-10-12-28(32)33-27-21-30-29(31-22-27)26-19-17-25(18-20-26)24-15-13-23(14-16-24)11-9-6-4-2/h13-22H,3-12H2,1-2H3. The largest absolute Gasteiger partial charge is 0.423 e. The molecule has 174 valence electrons. The molecule has 0 fully saturated rings. The van der Waals surface area contributed by atoms with Crippen LogP contribution in [-0.2, 0) is 11.2 Å². The lowest BCUT2D eigenvalue weighted by molar-refractivity contribution is -0.134. The number of hydrogen-bond acceptors (Lipinski definition) is 4. The first-order valence-corrected chi connectivity index (χ1v) is 12.4. The average Bonchev–Trinajstić information content (AvgIpc) is 2.85. The number of hydrogen-bond donors (Lipinski definition) is 0. The highest BCUT2D eigenvalue weighted by Gasteiger charge is 2.08. The molecule has 0 spiro atoms. The van der Waals surface area contributed by atoms with Gasteiger partial charge in [-0.15, -0.1) is 0 Å². The van der Waals surface area contributed by atoms with Crippen LogP contribution < -0.4 is 4.74 Å². The molecule has 2 aromatic carbocycles. The minimum absolute atomic E-state index is 0.219. The van der Waals surface area contributed by atoms with E-state index < -0.39 is 0 Å². The molecule has 0 radical (unpaired) electrons. The molecule has 4 nitrogen and oxygen atoms in total. The monoisotopic (exact) mass is 444 g/mol. The molecule has 1 aromatic heterocycles. The predicted molar refractivity (Wildman–Crippen MR) is 135 cm³/mol. The molecule has 3 rings (SSSR count). The van der Waals surface area contributed by atoms with Gasteiger partial charge in [0.15, 0.2) is 11.6 Å². The molecule has 0 unspecified atom stereocenters. The molecule has 0 aliphatic heterocycles. The fourth-order valence-corrected chi connectivity index (χ4v) is 3.83. The molecule has 0 saturated heterocycles. The summed E-state index contributed by atoms with van der Waals surface area (Å²) in [6.45, 7) is 4.41. The van der Waals surface area contributed by atoms with Crippen molar-refractivity contribution in [1.82, 2.24) is 9.97 Å². The lowest BCUT2D eigenvalue weighted by Gasteiger charge is -2.07. The van der Waals surface area contributed by atoms with Crippen LogP contribution in [0.3, 0.4) is 0 Å². The Kier molecular flexibility index (Phi) is 10.1. The molecular weight excluding hydrogens is 408 g/mol. The topological polar surface area (TPSA) is 52.1 Å². The Labute approximate surface area is 198 Å². The molecule has 0 N–H and O–H groups in total. The fraction of sp³-hybridized carbons (Fsp3) is 0.414. The minimum Gasteiger partial charge on any atom is -0.423 e. The second-order valence-electron chi connectivity index (χ2n) is 8.61. The maximum absolute atomic E-state index is 12.0. The summed E-state index contributed by atoms with van der Waals surface area (Å²) in [7, 11) is 0. The SMILES string of the molecule is CCCCCCCC(=O)Oc1cnc(-c2ccc(-c3ccc(CCCCC)cc3)cc2)nc1. The molecule has 33 heavy (non-hydrogen) atoms. The van der Waals surface area contributed by atoms with Crippen LogP contribution in [-0.4, -0.2) is 15.9 Å². The third-order valence-corrected chi connectivity index (χ3v) is 5.84. The highest BCUT2D eigenvalue weighted by molar-refractivity contribution is 5.72. The number of benzene rings is 2. The second kappa shape index (κ2) is 13.5. The van der Waals surface area contributed by atoms with Crippen molar-refractivity contribution in [2.45, 2.75) is 78.1 Å². The van der Waals surface area contributed by atoms with Crippen LogP contribution in [0.25, 0.3) is 22.5 Å². The summed E-state index contributed by atoms with van der Waals surface area (Å²) >= 11 is 0. The Bertz CT molecular complexity index is 964. The van der Waals surface area contributed by atoms with Crippen molar-refractivity contribution in [3.05, 3.63) is 66.5 Å². The van der Waals surface area contributed by atoms with E-state index in [2.05, 4.69) is 60.2 Å². The van der Waals surface area contributed by atoms with Gasteiger partial charge in [-0.2, -0.15) is 0 Å². The number of aromatic nitrogens is 2. The molecule has 0 saturated carbocycles. The zero-order chi connectivity index (χ0) is 23.3. The van der Waals surface area contributed by atoms with Crippen LogP contribution in [0.4, 0.5) is 0 Å². The van der Waals surface area contributed by atoms with Crippen LogP contribution in [0.1, 0.15) is 77.2 Å². The summed E-state index contributed by atoms with van der Waals surface area (Å²) < 4.78 is 5.37. The summed E-state index contributed by atoms with van der Waals surface area (Å²) in [4.78, 5) is 20.7. The van der Waals surface area contributed by atoms with E-state index in [4.69, 9.17) is 4.74 Å². The van der Waals surface area contributed by atoms with E-state index in [-0.39, 0.29) is 5.97 Å². The van der Waals surface area contributed by atoms with Crippen LogP contribution >= 0.6 is 0 Å². The normalized spacial score (nSPS) is 10.8. The van der Waals surface area contributed by atoms with Crippen molar-refractivity contribution < 1.29 is 9.53 Å². The van der Waals surface area contributed by atoms with Crippen molar-refractivity contribution in [2.75, 3.05) is 0 Å². The first kappa shape index (κ1) is 24.6. The molecule has 0 atom stereocenters. The van der Waals surface area contributed by atoms with Gasteiger partial charge in [-0.1, -0.05) is 101 Å². The lowest BCUT2D eigenvalue weighted by atomic mass is 10.0. The van der Waals surface area contributed by atoms with Crippen LogP contribution in [0, 0.1) is 0 Å². The Morgan fingerprint density at radius 1 is 0.697 bits per heavy atom. The fourth-order valence-electron chi connectivity index (χ4n) is 3.83. The van der Waals surface area contributed by atoms with Gasteiger partial charge in [0, 0.05) is 12.0 Å². The smallest absolute Gasteiger partial charge is 0.311 e. The van der Waals surface area contributed by atoms with Gasteiger partial charge in [0.25, 0.3) is 0 Å². The van der Waals surface area contributed by atoms with Gasteiger partial charge in [0.1, 0.15) is 0 Å². The third-order valence-electron chi connectivity index (χ3n) is 5.84. The van der Waals surface area contributed by atoms with Crippen molar-refractivity contribution in [2.24, 2.45) is 0 Å². The summed E-state index contributed by atoms with van der Waals surface area (Å²) in [6, 6.07) is 17.1. The highest BCUT2D eigenvalue weighted by Crippen LogP contribution is 2.24. The summed E-state index contributed by atoms with van der Waals surface area (Å²) in [5.74, 6) is 0.795. The molecule has 0 aliphatic carbocycles. The van der Waals surface area contributed by atoms with E-state index in [1.807, 2.05) is 12.1 Å². The number of ether oxygens (including phenoxy) is 1. The van der Waals surface area contributed by atoms with E-state index >= 15 is 0 Å². The van der Waals surface area contributed by atoms with Gasteiger partial charge >= 0.3 is 5.97 Å². The van der Waals surface area contributed by atoms with Crippen molar-refractivity contribution >= 4 is 5.97 Å². The van der Waals surface area contributed by atoms with Crippen molar-refractivity contribution in [1.29, 1.82) is 0 Å². The molecule has 0 bridgehead atoms. The number of unbranched alkanes of at least 4 members (excludes halogenated alkanes) is 6. The Morgan fingerprint density at radius 3 is 1.88 bits per heavy atom. The average molecular weight is 445 g/mol. The first-order valence-electron chi connectivity index (χ1n) is 12.4. The van der Waals surface area contributed by atoms with Gasteiger partial charge in [0.2, 0.25) is 0 Å². The second-order valence-corrected chi connectivity index (χ2v) is 8.61. The van der Waals surface area contributed by atoms with E-state index in [0.29, 0.717) is 18.0 Å². The van der Waals surface area contributed by atoms with Gasteiger partial charge in [-0.3, -0.25) is 4.79 Å². The van der Waals surface area contributed by atoms with Gasteiger partial charge in [-0.25, -0.2) is 9.97 Å². The Morgan fingerprint density at radius 2 is 1.24 bits per heavy atom. The van der Waals surface area contributed by atoms with Gasteiger partial charge in [0.05, 0.1) is 12.4 Å². The zero-order valence-electron chi connectivity index (χ0n) is 20.1. The van der Waals surface area contributed by atoms with Crippen LogP contribution in [0.5, 0.6) is 5.75 Å². The molecular formula is C29H36N2O2.